The molecule has 1 fully saturated rings. The molecule has 1 atom stereocenters. The van der Waals surface area contributed by atoms with Gasteiger partial charge in [-0.15, -0.1) is 0 Å². The van der Waals surface area contributed by atoms with Crippen LogP contribution in [0.25, 0.3) is 0 Å². The summed E-state index contributed by atoms with van der Waals surface area (Å²) in [5.41, 5.74) is 2.47. The van der Waals surface area contributed by atoms with E-state index in [1.807, 2.05) is 6.20 Å². The van der Waals surface area contributed by atoms with E-state index in [0.717, 1.165) is 12.5 Å². The van der Waals surface area contributed by atoms with Crippen LogP contribution in [0.1, 0.15) is 43.9 Å². The average Bonchev–Trinajstić information content (AvgIpc) is 2.85. The molecule has 0 bridgehead atoms. The van der Waals surface area contributed by atoms with Crippen molar-refractivity contribution in [1.29, 1.82) is 0 Å². The number of nitrogens with zero attached hydrogens (tertiary/aromatic N) is 1. The van der Waals surface area contributed by atoms with Gasteiger partial charge in [0.15, 0.2) is 0 Å². The summed E-state index contributed by atoms with van der Waals surface area (Å²) < 4.78 is 0. The van der Waals surface area contributed by atoms with E-state index in [1.165, 1.54) is 36.9 Å². The molecule has 0 radical (unpaired) electrons. The number of aryl methyl sites for hydroxylation is 1. The SMILES string of the molecule is Cc1[nH]ncc1CN[C@H](C)C1CCCC1. The van der Waals surface area contributed by atoms with E-state index in [4.69, 9.17) is 0 Å². The molecule has 2 N–H and O–H groups in total. The first-order valence-corrected chi connectivity index (χ1v) is 5.99. The molecule has 0 saturated heterocycles. The Bertz CT molecular complexity index is 300. The van der Waals surface area contributed by atoms with E-state index in [9.17, 15) is 0 Å². The molecule has 2 rings (SSSR count). The van der Waals surface area contributed by atoms with Gasteiger partial charge in [0.05, 0.1) is 6.20 Å². The lowest BCUT2D eigenvalue weighted by Crippen LogP contribution is -2.31. The first kappa shape index (κ1) is 10.7. The van der Waals surface area contributed by atoms with E-state index in [2.05, 4.69) is 29.4 Å². The fourth-order valence-electron chi connectivity index (χ4n) is 2.45. The Morgan fingerprint density at radius 1 is 1.53 bits per heavy atom. The number of aromatic amines is 1. The molecule has 1 heterocycles. The van der Waals surface area contributed by atoms with Gasteiger partial charge < -0.3 is 5.32 Å². The maximum Gasteiger partial charge on any atom is 0.0535 e. The summed E-state index contributed by atoms with van der Waals surface area (Å²) in [7, 11) is 0. The van der Waals surface area contributed by atoms with Gasteiger partial charge in [-0.05, 0) is 32.6 Å². The Kier molecular flexibility index (Phi) is 3.41. The van der Waals surface area contributed by atoms with E-state index in [1.54, 1.807) is 0 Å². The second-order valence-electron chi connectivity index (χ2n) is 4.73. The summed E-state index contributed by atoms with van der Waals surface area (Å²) in [6, 6.07) is 0.641. The lowest BCUT2D eigenvalue weighted by atomic mass is 10.00. The van der Waals surface area contributed by atoms with Gasteiger partial charge in [0, 0.05) is 23.8 Å². The number of hydrogen-bond donors (Lipinski definition) is 2. The normalized spacial score (nSPS) is 19.6. The molecule has 1 aliphatic rings. The Morgan fingerprint density at radius 3 is 2.87 bits per heavy atom. The summed E-state index contributed by atoms with van der Waals surface area (Å²) in [5, 5.41) is 10.6. The van der Waals surface area contributed by atoms with Gasteiger partial charge in [-0.1, -0.05) is 12.8 Å². The van der Waals surface area contributed by atoms with Crippen LogP contribution in [0.3, 0.4) is 0 Å². The molecule has 1 aromatic heterocycles. The molecule has 3 nitrogen and oxygen atoms in total. The second kappa shape index (κ2) is 4.79. The van der Waals surface area contributed by atoms with Gasteiger partial charge in [0.25, 0.3) is 0 Å². The molecular formula is C12H21N3. The van der Waals surface area contributed by atoms with Gasteiger partial charge in [-0.3, -0.25) is 5.10 Å². The van der Waals surface area contributed by atoms with Crippen LogP contribution in [0.15, 0.2) is 6.20 Å². The molecule has 0 amide bonds. The minimum Gasteiger partial charge on any atom is -0.310 e. The third-order valence-corrected chi connectivity index (χ3v) is 3.66. The third-order valence-electron chi connectivity index (χ3n) is 3.66. The summed E-state index contributed by atoms with van der Waals surface area (Å²) in [4.78, 5) is 0. The lowest BCUT2D eigenvalue weighted by molar-refractivity contribution is 0.380. The summed E-state index contributed by atoms with van der Waals surface area (Å²) in [6.45, 7) is 5.33. The highest BCUT2D eigenvalue weighted by Gasteiger charge is 2.20. The first-order chi connectivity index (χ1) is 7.27. The van der Waals surface area contributed by atoms with Crippen LogP contribution in [0, 0.1) is 12.8 Å². The Balaban J connectivity index is 1.80. The van der Waals surface area contributed by atoms with Crippen LogP contribution in [0.2, 0.25) is 0 Å². The van der Waals surface area contributed by atoms with Crippen molar-refractivity contribution in [1.82, 2.24) is 15.5 Å². The smallest absolute Gasteiger partial charge is 0.0535 e. The van der Waals surface area contributed by atoms with E-state index < -0.39 is 0 Å². The molecule has 0 unspecified atom stereocenters. The molecule has 0 aliphatic heterocycles. The van der Waals surface area contributed by atoms with Crippen LogP contribution < -0.4 is 5.32 Å². The second-order valence-corrected chi connectivity index (χ2v) is 4.73. The molecule has 84 valence electrons. The highest BCUT2D eigenvalue weighted by Crippen LogP contribution is 2.27. The zero-order chi connectivity index (χ0) is 10.7. The molecule has 0 aromatic carbocycles. The summed E-state index contributed by atoms with van der Waals surface area (Å²) in [6.07, 6.45) is 7.56. The fraction of sp³-hybridized carbons (Fsp3) is 0.750. The Labute approximate surface area is 91.7 Å². The van der Waals surface area contributed by atoms with Crippen molar-refractivity contribution in [2.75, 3.05) is 0 Å². The largest absolute Gasteiger partial charge is 0.310 e. The van der Waals surface area contributed by atoms with Crippen molar-refractivity contribution in [3.63, 3.8) is 0 Å². The molecule has 3 heteroatoms. The maximum atomic E-state index is 4.03. The minimum atomic E-state index is 0.641. The molecule has 15 heavy (non-hydrogen) atoms. The number of H-pyrrole nitrogens is 1. The van der Waals surface area contributed by atoms with Crippen molar-refractivity contribution in [2.45, 2.75) is 52.1 Å². The van der Waals surface area contributed by atoms with Gasteiger partial charge in [0.1, 0.15) is 0 Å². The van der Waals surface area contributed by atoms with Crippen LogP contribution >= 0.6 is 0 Å². The van der Waals surface area contributed by atoms with Crippen LogP contribution in [0.5, 0.6) is 0 Å². The molecule has 1 aliphatic carbocycles. The topological polar surface area (TPSA) is 40.7 Å². The number of nitrogens with one attached hydrogen (secondary N) is 2. The van der Waals surface area contributed by atoms with Gasteiger partial charge >= 0.3 is 0 Å². The molecular weight excluding hydrogens is 186 g/mol. The summed E-state index contributed by atoms with van der Waals surface area (Å²) >= 11 is 0. The first-order valence-electron chi connectivity index (χ1n) is 5.99. The fourth-order valence-corrected chi connectivity index (χ4v) is 2.45. The zero-order valence-electron chi connectivity index (χ0n) is 9.71. The van der Waals surface area contributed by atoms with E-state index >= 15 is 0 Å². The van der Waals surface area contributed by atoms with Crippen molar-refractivity contribution in [3.05, 3.63) is 17.5 Å². The number of rotatable bonds is 4. The predicted molar refractivity (Wildman–Crippen MR) is 61.6 cm³/mol. The monoisotopic (exact) mass is 207 g/mol. The zero-order valence-corrected chi connectivity index (χ0v) is 9.71. The van der Waals surface area contributed by atoms with Crippen molar-refractivity contribution < 1.29 is 0 Å². The van der Waals surface area contributed by atoms with Gasteiger partial charge in [-0.25, -0.2) is 0 Å². The summed E-state index contributed by atoms with van der Waals surface area (Å²) in [5.74, 6) is 0.886. The highest BCUT2D eigenvalue weighted by atomic mass is 15.1. The van der Waals surface area contributed by atoms with Crippen molar-refractivity contribution >= 4 is 0 Å². The van der Waals surface area contributed by atoms with Crippen molar-refractivity contribution in [3.8, 4) is 0 Å². The van der Waals surface area contributed by atoms with Crippen LogP contribution in [-0.4, -0.2) is 16.2 Å². The van der Waals surface area contributed by atoms with E-state index in [-0.39, 0.29) is 0 Å². The lowest BCUT2D eigenvalue weighted by Gasteiger charge is -2.20. The molecule has 0 spiro atoms. The Morgan fingerprint density at radius 2 is 2.27 bits per heavy atom. The van der Waals surface area contributed by atoms with Gasteiger partial charge in [0.2, 0.25) is 0 Å². The van der Waals surface area contributed by atoms with Crippen LogP contribution in [-0.2, 0) is 6.54 Å². The Hall–Kier alpha value is -0.830. The number of hydrogen-bond acceptors (Lipinski definition) is 2. The standard InChI is InChI=1S/C12H21N3/c1-9(11-5-3-4-6-11)13-7-12-8-14-15-10(12)2/h8-9,11,13H,3-7H2,1-2H3,(H,14,15)/t9-/m1/s1. The molecule has 1 aromatic rings. The number of aromatic nitrogens is 2. The van der Waals surface area contributed by atoms with E-state index in [0.29, 0.717) is 6.04 Å². The average molecular weight is 207 g/mol. The maximum absolute atomic E-state index is 4.03. The van der Waals surface area contributed by atoms with Gasteiger partial charge in [-0.2, -0.15) is 5.10 Å². The predicted octanol–water partition coefficient (Wildman–Crippen LogP) is 2.39. The van der Waals surface area contributed by atoms with Crippen molar-refractivity contribution in [2.24, 2.45) is 5.92 Å². The highest BCUT2D eigenvalue weighted by molar-refractivity contribution is 5.13. The quantitative estimate of drug-likeness (QED) is 0.796. The third kappa shape index (κ3) is 2.59. The molecule has 1 saturated carbocycles. The van der Waals surface area contributed by atoms with Crippen LogP contribution in [0.4, 0.5) is 0 Å². The minimum absolute atomic E-state index is 0.641.